The van der Waals surface area contributed by atoms with E-state index in [-0.39, 0.29) is 29.5 Å². The van der Waals surface area contributed by atoms with Crippen molar-refractivity contribution < 1.29 is 18.6 Å². The Balaban J connectivity index is 1.89. The highest BCUT2D eigenvalue weighted by Crippen LogP contribution is 2.26. The summed E-state index contributed by atoms with van der Waals surface area (Å²) in [4.78, 5) is 25.3. The average Bonchev–Trinajstić information content (AvgIpc) is 2.77. The number of nitrogens with two attached hydrogens (primary N) is 1. The molecule has 0 amide bonds. The molecule has 0 saturated heterocycles. The van der Waals surface area contributed by atoms with Crippen molar-refractivity contribution in [2.24, 2.45) is 10.7 Å². The molecular weight excluding hydrogens is 492 g/mol. The van der Waals surface area contributed by atoms with E-state index in [0.717, 1.165) is 6.20 Å². The highest BCUT2D eigenvalue weighted by molar-refractivity contribution is 6.31. The van der Waals surface area contributed by atoms with E-state index in [1.807, 2.05) is 0 Å². The van der Waals surface area contributed by atoms with Crippen LogP contribution in [0, 0.1) is 25.5 Å². The summed E-state index contributed by atoms with van der Waals surface area (Å²) < 4.78 is 33.8. The number of aliphatic imine (C=N–C) groups is 1. The maximum absolute atomic E-state index is 13.9. The molecule has 0 aromatic carbocycles. The van der Waals surface area contributed by atoms with Gasteiger partial charge in [0.25, 0.3) is 5.56 Å². The number of pyridine rings is 3. The lowest BCUT2D eigenvalue weighted by Crippen LogP contribution is -2.22. The highest BCUT2D eigenvalue weighted by atomic mass is 35.5. The van der Waals surface area contributed by atoms with Gasteiger partial charge in [0.1, 0.15) is 28.9 Å². The minimum atomic E-state index is -0.943. The van der Waals surface area contributed by atoms with Crippen LogP contribution in [0.2, 0.25) is 5.02 Å². The summed E-state index contributed by atoms with van der Waals surface area (Å²) in [6, 6.07) is 3.85. The zero-order chi connectivity index (χ0) is 26.6. The molecular formula is C25H26ClF2N5O3. The molecule has 0 radical (unpaired) electrons. The third-order valence-electron chi connectivity index (χ3n) is 4.98. The van der Waals surface area contributed by atoms with Crippen LogP contribution < -0.4 is 16.0 Å². The van der Waals surface area contributed by atoms with Crippen molar-refractivity contribution >= 4 is 23.6 Å². The first-order valence-corrected chi connectivity index (χ1v) is 11.3. The number of aliphatic hydroxyl groups is 1. The fourth-order valence-corrected chi connectivity index (χ4v) is 3.56. The lowest BCUT2D eigenvalue weighted by atomic mass is 10.0. The number of nitrogens with zero attached hydrogens (tertiary/aromatic N) is 4. The maximum Gasteiger partial charge on any atom is 0.277 e. The van der Waals surface area contributed by atoms with E-state index in [1.165, 1.54) is 16.8 Å². The number of aromatic nitrogens is 3. The van der Waals surface area contributed by atoms with E-state index < -0.39 is 22.8 Å². The molecule has 3 heterocycles. The second kappa shape index (κ2) is 11.0. The smallest absolute Gasteiger partial charge is 0.277 e. The van der Waals surface area contributed by atoms with Crippen LogP contribution in [-0.2, 0) is 6.61 Å². The molecule has 0 atom stereocenters. The molecule has 3 N–H and O–H groups in total. The van der Waals surface area contributed by atoms with Crippen LogP contribution >= 0.6 is 11.6 Å². The van der Waals surface area contributed by atoms with Crippen LogP contribution in [0.1, 0.15) is 37.2 Å². The Bertz CT molecular complexity index is 1400. The summed E-state index contributed by atoms with van der Waals surface area (Å²) in [5, 5.41) is 9.63. The molecule has 36 heavy (non-hydrogen) atoms. The summed E-state index contributed by atoms with van der Waals surface area (Å²) in [7, 11) is 0. The van der Waals surface area contributed by atoms with E-state index >= 15 is 0 Å². The molecule has 0 aliphatic carbocycles. The first-order chi connectivity index (χ1) is 16.9. The topological polar surface area (TPSA) is 116 Å². The first kappa shape index (κ1) is 27.0. The predicted molar refractivity (Wildman–Crippen MR) is 134 cm³/mol. The molecule has 11 heteroatoms. The Morgan fingerprint density at radius 3 is 2.64 bits per heavy atom. The van der Waals surface area contributed by atoms with Crippen molar-refractivity contribution in [3.63, 3.8) is 0 Å². The Morgan fingerprint density at radius 1 is 1.25 bits per heavy atom. The molecule has 0 aliphatic rings. The molecule has 8 nitrogen and oxygen atoms in total. The quantitative estimate of drug-likeness (QED) is 0.426. The lowest BCUT2D eigenvalue weighted by molar-refractivity contribution is 0.0807. The van der Waals surface area contributed by atoms with Crippen LogP contribution in [0.25, 0.3) is 5.69 Å². The summed E-state index contributed by atoms with van der Waals surface area (Å²) >= 11 is 6.29. The number of hydrogen-bond acceptors (Lipinski definition) is 7. The molecule has 0 aliphatic heterocycles. The molecule has 0 unspecified atom stereocenters. The number of rotatable bonds is 8. The minimum Gasteiger partial charge on any atom is -0.485 e. The van der Waals surface area contributed by atoms with E-state index in [9.17, 15) is 18.7 Å². The van der Waals surface area contributed by atoms with Gasteiger partial charge in [-0.25, -0.2) is 18.8 Å². The van der Waals surface area contributed by atoms with E-state index in [2.05, 4.69) is 15.0 Å². The Kier molecular flexibility index (Phi) is 8.21. The second-order valence-corrected chi connectivity index (χ2v) is 9.19. The summed E-state index contributed by atoms with van der Waals surface area (Å²) in [6.45, 7) is 6.43. The van der Waals surface area contributed by atoms with Gasteiger partial charge in [0.15, 0.2) is 11.6 Å². The van der Waals surface area contributed by atoms with Gasteiger partial charge in [0.2, 0.25) is 0 Å². The number of aryl methyl sites for hydroxylation is 2. The normalized spacial score (nSPS) is 12.4. The van der Waals surface area contributed by atoms with Crippen molar-refractivity contribution in [1.82, 2.24) is 14.5 Å². The fraction of sp³-hybridized carbons (Fsp3) is 0.280. The van der Waals surface area contributed by atoms with Gasteiger partial charge < -0.3 is 15.6 Å². The third kappa shape index (κ3) is 6.73. The number of allylic oxidation sites excluding steroid dienone is 1. The number of halogens is 3. The Labute approximate surface area is 211 Å². The van der Waals surface area contributed by atoms with Gasteiger partial charge in [-0.15, -0.1) is 0 Å². The summed E-state index contributed by atoms with van der Waals surface area (Å²) in [5.74, 6) is -1.31. The molecule has 0 bridgehead atoms. The predicted octanol–water partition coefficient (Wildman–Crippen LogP) is 4.46. The van der Waals surface area contributed by atoms with Crippen molar-refractivity contribution in [1.29, 1.82) is 0 Å². The van der Waals surface area contributed by atoms with Gasteiger partial charge in [-0.1, -0.05) is 11.6 Å². The minimum absolute atomic E-state index is 0.0401. The van der Waals surface area contributed by atoms with Crippen LogP contribution in [-0.4, -0.2) is 31.5 Å². The molecule has 0 fully saturated rings. The van der Waals surface area contributed by atoms with E-state index in [1.54, 1.807) is 46.0 Å². The zero-order valence-electron chi connectivity index (χ0n) is 20.2. The maximum atomic E-state index is 13.9. The van der Waals surface area contributed by atoms with Crippen LogP contribution in [0.15, 0.2) is 52.2 Å². The largest absolute Gasteiger partial charge is 0.485 e. The summed E-state index contributed by atoms with van der Waals surface area (Å²) in [6.07, 6.45) is 5.75. The number of ether oxygens (including phenoxy) is 1. The van der Waals surface area contributed by atoms with Crippen molar-refractivity contribution in [3.8, 4) is 11.4 Å². The van der Waals surface area contributed by atoms with E-state index in [4.69, 9.17) is 22.1 Å². The molecule has 0 saturated carbocycles. The average molecular weight is 518 g/mol. The van der Waals surface area contributed by atoms with E-state index in [0.29, 0.717) is 34.5 Å². The molecule has 3 aromatic heterocycles. The number of hydrogen-bond donors (Lipinski definition) is 2. The van der Waals surface area contributed by atoms with Gasteiger partial charge in [-0.05, 0) is 39.3 Å². The second-order valence-electron chi connectivity index (χ2n) is 8.81. The van der Waals surface area contributed by atoms with Gasteiger partial charge in [0.05, 0.1) is 17.5 Å². The van der Waals surface area contributed by atoms with Gasteiger partial charge in [-0.3, -0.25) is 14.3 Å². The Morgan fingerprint density at radius 2 is 1.97 bits per heavy atom. The molecule has 0 spiro atoms. The van der Waals surface area contributed by atoms with Crippen LogP contribution in [0.5, 0.6) is 5.75 Å². The molecule has 190 valence electrons. The lowest BCUT2D eigenvalue weighted by Gasteiger charge is -2.16. The fourth-order valence-electron chi connectivity index (χ4n) is 3.36. The van der Waals surface area contributed by atoms with Gasteiger partial charge in [0, 0.05) is 48.4 Å². The monoisotopic (exact) mass is 517 g/mol. The van der Waals surface area contributed by atoms with Gasteiger partial charge >= 0.3 is 0 Å². The first-order valence-electron chi connectivity index (χ1n) is 10.9. The zero-order valence-corrected chi connectivity index (χ0v) is 21.0. The molecule has 3 rings (SSSR count). The summed E-state index contributed by atoms with van der Waals surface area (Å²) in [5.41, 5.74) is 6.40. The third-order valence-corrected chi connectivity index (χ3v) is 5.33. The van der Waals surface area contributed by atoms with Gasteiger partial charge in [-0.2, -0.15) is 0 Å². The Hall–Kier alpha value is -3.63. The highest BCUT2D eigenvalue weighted by Gasteiger charge is 2.17. The van der Waals surface area contributed by atoms with Crippen molar-refractivity contribution in [2.45, 2.75) is 46.3 Å². The standard InChI is InChI=1S/C25H26ClF2N5O3/c1-14-11-32-22(30-6-5-17(29)10-25(3,4)35)9-20(14)33-15(2)7-21(23(26)24(33)34)36-13-19-18(28)8-16(27)12-31-19/h5-9,11-12,35H,10,13,29H2,1-4H3/b17-5-,30-6?. The SMILES string of the molecule is Cc1cnc(N=C/C=C(\N)CC(C)(C)O)cc1-n1c(C)cc(OCc2ncc(F)cc2F)c(Cl)c1=O. The van der Waals surface area contributed by atoms with Crippen LogP contribution in [0.4, 0.5) is 14.6 Å². The van der Waals surface area contributed by atoms with Crippen molar-refractivity contribution in [2.75, 3.05) is 0 Å². The van der Waals surface area contributed by atoms with Crippen molar-refractivity contribution in [3.05, 3.63) is 86.3 Å². The molecule has 3 aromatic rings. The van der Waals surface area contributed by atoms with Crippen LogP contribution in [0.3, 0.4) is 0 Å².